The van der Waals surface area contributed by atoms with Crippen molar-refractivity contribution in [3.05, 3.63) is 17.5 Å². The Kier molecular flexibility index (Phi) is 4.82. The van der Waals surface area contributed by atoms with Gasteiger partial charge in [-0.05, 0) is 32.8 Å². The zero-order valence-electron chi connectivity index (χ0n) is 12.6. The fourth-order valence-electron chi connectivity index (χ4n) is 2.68. The van der Waals surface area contributed by atoms with Crippen LogP contribution in [0.1, 0.15) is 24.2 Å². The van der Waals surface area contributed by atoms with Crippen molar-refractivity contribution in [2.24, 2.45) is 11.7 Å². The van der Waals surface area contributed by atoms with Crippen molar-refractivity contribution >= 4 is 11.9 Å². The molecule has 116 valence electrons. The zero-order valence-corrected chi connectivity index (χ0v) is 12.6. The van der Waals surface area contributed by atoms with E-state index in [9.17, 15) is 9.59 Å². The van der Waals surface area contributed by atoms with Crippen LogP contribution >= 0.6 is 0 Å². The standard InChI is InChI=1S/C14H23N5O2/c1-10-8-11(2)19(17-10)7-5-16-14(21)18-6-3-4-12(9-18)13(15)20/h8,12H,3-7,9H2,1-2H3,(H2,15,20)(H,16,21). The van der Waals surface area contributed by atoms with Crippen LogP contribution in [0.4, 0.5) is 4.79 Å². The van der Waals surface area contributed by atoms with E-state index in [0.29, 0.717) is 26.2 Å². The summed E-state index contributed by atoms with van der Waals surface area (Å²) in [5.74, 6) is -0.546. The van der Waals surface area contributed by atoms with Gasteiger partial charge < -0.3 is 16.0 Å². The Balaban J connectivity index is 1.79. The summed E-state index contributed by atoms with van der Waals surface area (Å²) in [6.45, 7) is 6.18. The van der Waals surface area contributed by atoms with E-state index >= 15 is 0 Å². The monoisotopic (exact) mass is 293 g/mol. The summed E-state index contributed by atoms with van der Waals surface area (Å²) >= 11 is 0. The number of nitrogens with one attached hydrogen (secondary N) is 1. The minimum atomic E-state index is -0.324. The Morgan fingerprint density at radius 2 is 2.24 bits per heavy atom. The van der Waals surface area contributed by atoms with E-state index in [1.165, 1.54) is 0 Å². The molecule has 3 amide bonds. The van der Waals surface area contributed by atoms with Gasteiger partial charge in [-0.25, -0.2) is 4.79 Å². The van der Waals surface area contributed by atoms with E-state index in [1.807, 2.05) is 24.6 Å². The van der Waals surface area contributed by atoms with Gasteiger partial charge in [0.2, 0.25) is 5.91 Å². The first-order chi connectivity index (χ1) is 9.97. The van der Waals surface area contributed by atoms with Gasteiger partial charge in [0, 0.05) is 25.3 Å². The number of aryl methyl sites for hydroxylation is 2. The molecule has 2 heterocycles. The molecule has 1 fully saturated rings. The lowest BCUT2D eigenvalue weighted by molar-refractivity contribution is -0.123. The van der Waals surface area contributed by atoms with E-state index in [1.54, 1.807) is 4.90 Å². The second-order valence-electron chi connectivity index (χ2n) is 5.57. The van der Waals surface area contributed by atoms with Gasteiger partial charge in [-0.3, -0.25) is 9.48 Å². The highest BCUT2D eigenvalue weighted by atomic mass is 16.2. The van der Waals surface area contributed by atoms with Crippen molar-refractivity contribution in [3.63, 3.8) is 0 Å². The molecule has 7 heteroatoms. The Hall–Kier alpha value is -2.05. The molecule has 2 rings (SSSR count). The maximum Gasteiger partial charge on any atom is 0.317 e. The average molecular weight is 293 g/mol. The molecular formula is C14H23N5O2. The first kappa shape index (κ1) is 15.3. The zero-order chi connectivity index (χ0) is 15.4. The summed E-state index contributed by atoms with van der Waals surface area (Å²) in [5.41, 5.74) is 7.36. The number of piperidine rings is 1. The highest BCUT2D eigenvalue weighted by Crippen LogP contribution is 2.15. The average Bonchev–Trinajstić information content (AvgIpc) is 2.77. The summed E-state index contributed by atoms with van der Waals surface area (Å²) in [7, 11) is 0. The summed E-state index contributed by atoms with van der Waals surface area (Å²) in [5, 5.41) is 7.22. The van der Waals surface area contributed by atoms with Crippen LogP contribution in [0, 0.1) is 19.8 Å². The largest absolute Gasteiger partial charge is 0.369 e. The number of carbonyl (C=O) groups is 2. The third kappa shape index (κ3) is 3.96. The maximum absolute atomic E-state index is 12.1. The minimum Gasteiger partial charge on any atom is -0.369 e. The number of primary amides is 1. The molecule has 21 heavy (non-hydrogen) atoms. The van der Waals surface area contributed by atoms with Crippen LogP contribution < -0.4 is 11.1 Å². The number of urea groups is 1. The van der Waals surface area contributed by atoms with Crippen LogP contribution in [0.2, 0.25) is 0 Å². The molecule has 1 saturated heterocycles. The van der Waals surface area contributed by atoms with Crippen LogP contribution in [0.25, 0.3) is 0 Å². The third-order valence-corrected chi connectivity index (χ3v) is 3.81. The van der Waals surface area contributed by atoms with Crippen LogP contribution in [0.5, 0.6) is 0 Å². The molecule has 0 bridgehead atoms. The van der Waals surface area contributed by atoms with E-state index < -0.39 is 0 Å². The SMILES string of the molecule is Cc1cc(C)n(CCNC(=O)N2CCCC(C(N)=O)C2)n1. The lowest BCUT2D eigenvalue weighted by Gasteiger charge is -2.31. The number of rotatable bonds is 4. The van der Waals surface area contributed by atoms with Crippen LogP contribution in [-0.2, 0) is 11.3 Å². The Bertz CT molecular complexity index is 525. The number of nitrogens with two attached hydrogens (primary N) is 1. The Morgan fingerprint density at radius 1 is 1.48 bits per heavy atom. The van der Waals surface area contributed by atoms with Gasteiger partial charge in [0.1, 0.15) is 0 Å². The Morgan fingerprint density at radius 3 is 2.86 bits per heavy atom. The number of hydrogen-bond acceptors (Lipinski definition) is 3. The highest BCUT2D eigenvalue weighted by molar-refractivity contribution is 5.79. The molecule has 7 nitrogen and oxygen atoms in total. The molecule has 3 N–H and O–H groups in total. The van der Waals surface area contributed by atoms with Gasteiger partial charge >= 0.3 is 6.03 Å². The van der Waals surface area contributed by atoms with E-state index in [0.717, 1.165) is 24.2 Å². The van der Waals surface area contributed by atoms with Crippen molar-refractivity contribution in [1.29, 1.82) is 0 Å². The predicted molar refractivity (Wildman–Crippen MR) is 78.6 cm³/mol. The fourth-order valence-corrected chi connectivity index (χ4v) is 2.68. The number of nitrogens with zero attached hydrogens (tertiary/aromatic N) is 3. The molecular weight excluding hydrogens is 270 g/mol. The van der Waals surface area contributed by atoms with Crippen LogP contribution in [0.15, 0.2) is 6.07 Å². The topological polar surface area (TPSA) is 93.3 Å². The fraction of sp³-hybridized carbons (Fsp3) is 0.643. The van der Waals surface area contributed by atoms with E-state index in [4.69, 9.17) is 5.73 Å². The molecule has 0 saturated carbocycles. The molecule has 0 spiro atoms. The predicted octanol–water partition coefficient (Wildman–Crippen LogP) is 0.407. The maximum atomic E-state index is 12.1. The number of aromatic nitrogens is 2. The molecule has 1 unspecified atom stereocenters. The minimum absolute atomic E-state index is 0.137. The molecule has 0 aliphatic carbocycles. The lowest BCUT2D eigenvalue weighted by Crippen LogP contribution is -2.48. The number of hydrogen-bond donors (Lipinski definition) is 2. The highest BCUT2D eigenvalue weighted by Gasteiger charge is 2.26. The van der Waals surface area contributed by atoms with Gasteiger partial charge in [0.15, 0.2) is 0 Å². The van der Waals surface area contributed by atoms with Gasteiger partial charge in [-0.15, -0.1) is 0 Å². The molecule has 0 radical (unpaired) electrons. The van der Waals surface area contributed by atoms with Crippen molar-refractivity contribution in [1.82, 2.24) is 20.0 Å². The normalized spacial score (nSPS) is 18.6. The summed E-state index contributed by atoms with van der Waals surface area (Å²) < 4.78 is 1.87. The summed E-state index contributed by atoms with van der Waals surface area (Å²) in [4.78, 5) is 25.0. The summed E-state index contributed by atoms with van der Waals surface area (Å²) in [6.07, 6.45) is 1.59. The quantitative estimate of drug-likeness (QED) is 0.842. The molecule has 1 aliphatic rings. The van der Waals surface area contributed by atoms with Gasteiger partial charge in [0.05, 0.1) is 18.2 Å². The smallest absolute Gasteiger partial charge is 0.317 e. The van der Waals surface area contributed by atoms with Crippen molar-refractivity contribution in [2.75, 3.05) is 19.6 Å². The van der Waals surface area contributed by atoms with E-state index in [-0.39, 0.29) is 17.9 Å². The Labute approximate surface area is 124 Å². The molecule has 1 atom stereocenters. The van der Waals surface area contributed by atoms with Gasteiger partial charge in [-0.1, -0.05) is 0 Å². The third-order valence-electron chi connectivity index (χ3n) is 3.81. The molecule has 0 aromatic carbocycles. The van der Waals surface area contributed by atoms with Crippen molar-refractivity contribution < 1.29 is 9.59 Å². The molecule has 1 aromatic heterocycles. The molecule has 1 aliphatic heterocycles. The molecule has 1 aromatic rings. The van der Waals surface area contributed by atoms with E-state index in [2.05, 4.69) is 10.4 Å². The van der Waals surface area contributed by atoms with Gasteiger partial charge in [0.25, 0.3) is 0 Å². The number of amides is 3. The second kappa shape index (κ2) is 6.60. The van der Waals surface area contributed by atoms with Crippen molar-refractivity contribution in [2.45, 2.75) is 33.2 Å². The first-order valence-corrected chi connectivity index (χ1v) is 7.30. The van der Waals surface area contributed by atoms with Crippen LogP contribution in [-0.4, -0.2) is 46.3 Å². The first-order valence-electron chi connectivity index (χ1n) is 7.30. The lowest BCUT2D eigenvalue weighted by atomic mass is 9.98. The second-order valence-corrected chi connectivity index (χ2v) is 5.57. The van der Waals surface area contributed by atoms with Crippen LogP contribution in [0.3, 0.4) is 0 Å². The summed E-state index contributed by atoms with van der Waals surface area (Å²) in [6, 6.07) is 1.87. The number of likely N-dealkylation sites (tertiary alicyclic amines) is 1. The van der Waals surface area contributed by atoms with Gasteiger partial charge in [-0.2, -0.15) is 5.10 Å². The number of carbonyl (C=O) groups excluding carboxylic acids is 2. The van der Waals surface area contributed by atoms with Crippen molar-refractivity contribution in [3.8, 4) is 0 Å².